The number of nitrogens with zero attached hydrogens (tertiary/aromatic N) is 2. The first-order valence-corrected chi connectivity index (χ1v) is 8.54. The van der Waals surface area contributed by atoms with E-state index in [-0.39, 0.29) is 33.8 Å². The van der Waals surface area contributed by atoms with E-state index in [1.54, 1.807) is 0 Å². The summed E-state index contributed by atoms with van der Waals surface area (Å²) in [6, 6.07) is 4.96. The van der Waals surface area contributed by atoms with Gasteiger partial charge >= 0.3 is 0 Å². The maximum atomic E-state index is 14.2. The zero-order chi connectivity index (χ0) is 19.6. The molecule has 142 valence electrons. The van der Waals surface area contributed by atoms with Crippen molar-refractivity contribution in [2.45, 2.75) is 19.9 Å². The molecule has 0 saturated heterocycles. The molecule has 0 bridgehead atoms. The summed E-state index contributed by atoms with van der Waals surface area (Å²) in [5.41, 5.74) is 0.779. The maximum absolute atomic E-state index is 14.2. The van der Waals surface area contributed by atoms with Crippen molar-refractivity contribution in [1.29, 1.82) is 0 Å². The van der Waals surface area contributed by atoms with E-state index in [0.717, 1.165) is 6.07 Å². The second-order valence-electron chi connectivity index (χ2n) is 5.88. The molecule has 0 aliphatic heterocycles. The Hall–Kier alpha value is -2.58. The lowest BCUT2D eigenvalue weighted by molar-refractivity contribution is 0.318. The average Bonchev–Trinajstić information content (AvgIpc) is 3.08. The fraction of sp³-hybridized carbons (Fsp3) is 0.222. The van der Waals surface area contributed by atoms with Gasteiger partial charge in [0.25, 0.3) is 0 Å². The van der Waals surface area contributed by atoms with E-state index >= 15 is 0 Å². The third-order valence-corrected chi connectivity index (χ3v) is 4.33. The monoisotopic (exact) mass is 396 g/mol. The SMILES string of the molecule is CCNCc1nc2c(F)c(F)cc(/C(Cc3ccc(F)c(Cl)c3)=N/O)c2[nH]1. The van der Waals surface area contributed by atoms with Gasteiger partial charge in [-0.25, -0.2) is 18.2 Å². The van der Waals surface area contributed by atoms with Crippen molar-refractivity contribution in [2.75, 3.05) is 6.54 Å². The highest BCUT2D eigenvalue weighted by Crippen LogP contribution is 2.25. The minimum absolute atomic E-state index is 0.0260. The first kappa shape index (κ1) is 19.2. The van der Waals surface area contributed by atoms with Crippen LogP contribution in [0.2, 0.25) is 5.02 Å². The molecule has 0 radical (unpaired) electrons. The van der Waals surface area contributed by atoms with Crippen molar-refractivity contribution in [3.63, 3.8) is 0 Å². The predicted octanol–water partition coefficient (Wildman–Crippen LogP) is 4.16. The molecular weight excluding hydrogens is 381 g/mol. The fourth-order valence-electron chi connectivity index (χ4n) is 2.73. The molecular formula is C18H16ClF3N4O. The molecule has 0 atom stereocenters. The van der Waals surface area contributed by atoms with Crippen molar-refractivity contribution >= 4 is 28.3 Å². The van der Waals surface area contributed by atoms with Crippen LogP contribution >= 0.6 is 11.6 Å². The number of imidazole rings is 1. The van der Waals surface area contributed by atoms with Crippen molar-refractivity contribution in [2.24, 2.45) is 5.16 Å². The molecule has 5 nitrogen and oxygen atoms in total. The second kappa shape index (κ2) is 7.98. The van der Waals surface area contributed by atoms with Crippen LogP contribution in [0.5, 0.6) is 0 Å². The Labute approximate surface area is 157 Å². The van der Waals surface area contributed by atoms with E-state index < -0.39 is 17.5 Å². The number of halogens is 4. The summed E-state index contributed by atoms with van der Waals surface area (Å²) in [6.07, 6.45) is 0.0260. The van der Waals surface area contributed by atoms with E-state index in [0.29, 0.717) is 24.5 Å². The average molecular weight is 397 g/mol. The van der Waals surface area contributed by atoms with Crippen LogP contribution in [0, 0.1) is 17.5 Å². The molecule has 0 fully saturated rings. The van der Waals surface area contributed by atoms with E-state index in [1.165, 1.54) is 18.2 Å². The molecule has 3 N–H and O–H groups in total. The number of hydrogen-bond acceptors (Lipinski definition) is 4. The van der Waals surface area contributed by atoms with Gasteiger partial charge in [-0.3, -0.25) is 0 Å². The standard InChI is InChI=1S/C18H16ClF3N4O/c1-2-23-8-15-24-17-10(7-13(21)16(22)18(17)25-15)14(26-27)6-9-3-4-12(20)11(19)5-9/h3-5,7,23,27H,2,6,8H2,1H3,(H,24,25)/b26-14+. The van der Waals surface area contributed by atoms with Crippen LogP contribution in [-0.4, -0.2) is 27.4 Å². The molecule has 2 aromatic carbocycles. The van der Waals surface area contributed by atoms with Crippen LogP contribution in [0.1, 0.15) is 23.9 Å². The molecule has 1 aromatic heterocycles. The van der Waals surface area contributed by atoms with Crippen molar-refractivity contribution < 1.29 is 18.4 Å². The number of aromatic nitrogens is 2. The zero-order valence-corrected chi connectivity index (χ0v) is 15.0. The van der Waals surface area contributed by atoms with E-state index in [9.17, 15) is 18.4 Å². The first-order chi connectivity index (χ1) is 12.9. The van der Waals surface area contributed by atoms with Gasteiger partial charge in [-0.15, -0.1) is 0 Å². The minimum Gasteiger partial charge on any atom is -0.411 e. The summed E-state index contributed by atoms with van der Waals surface area (Å²) in [4.78, 5) is 7.01. The topological polar surface area (TPSA) is 73.3 Å². The Morgan fingerprint density at radius 2 is 2.04 bits per heavy atom. The van der Waals surface area contributed by atoms with Gasteiger partial charge in [0.15, 0.2) is 11.6 Å². The second-order valence-corrected chi connectivity index (χ2v) is 6.29. The van der Waals surface area contributed by atoms with Crippen molar-refractivity contribution in [3.05, 3.63) is 63.7 Å². The van der Waals surface area contributed by atoms with Gasteiger partial charge in [-0.1, -0.05) is 29.7 Å². The molecule has 3 rings (SSSR count). The Bertz CT molecular complexity index is 1020. The van der Waals surface area contributed by atoms with Gasteiger partial charge in [0.1, 0.15) is 17.2 Å². The summed E-state index contributed by atoms with van der Waals surface area (Å²) in [5, 5.41) is 15.6. The van der Waals surface area contributed by atoms with Gasteiger partial charge in [-0.2, -0.15) is 0 Å². The molecule has 0 unspecified atom stereocenters. The molecule has 0 amide bonds. The lowest BCUT2D eigenvalue weighted by Crippen LogP contribution is -2.12. The lowest BCUT2D eigenvalue weighted by Gasteiger charge is -2.08. The Kier molecular flexibility index (Phi) is 5.67. The fourth-order valence-corrected chi connectivity index (χ4v) is 2.94. The minimum atomic E-state index is -1.11. The van der Waals surface area contributed by atoms with Crippen LogP contribution in [0.15, 0.2) is 29.4 Å². The summed E-state index contributed by atoms with van der Waals surface area (Å²) >= 11 is 5.77. The van der Waals surface area contributed by atoms with Crippen LogP contribution in [-0.2, 0) is 13.0 Å². The van der Waals surface area contributed by atoms with E-state index in [1.807, 2.05) is 6.92 Å². The summed E-state index contributed by atoms with van der Waals surface area (Å²) in [5.74, 6) is -2.37. The Morgan fingerprint density at radius 1 is 1.26 bits per heavy atom. The highest BCUT2D eigenvalue weighted by molar-refractivity contribution is 6.30. The maximum Gasteiger partial charge on any atom is 0.186 e. The summed E-state index contributed by atoms with van der Waals surface area (Å²) in [6.45, 7) is 2.92. The largest absolute Gasteiger partial charge is 0.411 e. The van der Waals surface area contributed by atoms with Crippen LogP contribution in [0.4, 0.5) is 13.2 Å². The van der Waals surface area contributed by atoms with E-state index in [4.69, 9.17) is 11.6 Å². The van der Waals surface area contributed by atoms with Crippen LogP contribution in [0.3, 0.4) is 0 Å². The van der Waals surface area contributed by atoms with Gasteiger partial charge in [-0.05, 0) is 30.3 Å². The third kappa shape index (κ3) is 3.91. The predicted molar refractivity (Wildman–Crippen MR) is 96.8 cm³/mol. The highest BCUT2D eigenvalue weighted by atomic mass is 35.5. The summed E-state index contributed by atoms with van der Waals surface area (Å²) < 4.78 is 41.6. The number of oxime groups is 1. The zero-order valence-electron chi connectivity index (χ0n) is 14.3. The van der Waals surface area contributed by atoms with Gasteiger partial charge in [0.2, 0.25) is 0 Å². The molecule has 0 saturated carbocycles. The van der Waals surface area contributed by atoms with Crippen LogP contribution in [0.25, 0.3) is 11.0 Å². The molecule has 27 heavy (non-hydrogen) atoms. The highest BCUT2D eigenvalue weighted by Gasteiger charge is 2.20. The van der Waals surface area contributed by atoms with Crippen LogP contribution < -0.4 is 5.32 Å². The van der Waals surface area contributed by atoms with Crippen molar-refractivity contribution in [1.82, 2.24) is 15.3 Å². The normalized spacial score (nSPS) is 12.1. The number of benzene rings is 2. The third-order valence-electron chi connectivity index (χ3n) is 4.04. The van der Waals surface area contributed by atoms with Gasteiger partial charge < -0.3 is 15.5 Å². The number of rotatable bonds is 6. The lowest BCUT2D eigenvalue weighted by atomic mass is 10.0. The number of H-pyrrole nitrogens is 1. The number of nitrogens with one attached hydrogen (secondary N) is 2. The molecule has 0 aliphatic carbocycles. The first-order valence-electron chi connectivity index (χ1n) is 8.17. The molecule has 1 heterocycles. The molecule has 0 aliphatic rings. The molecule has 9 heteroatoms. The smallest absolute Gasteiger partial charge is 0.186 e. The quantitative estimate of drug-likeness (QED) is 0.333. The Balaban J connectivity index is 2.05. The van der Waals surface area contributed by atoms with Gasteiger partial charge in [0.05, 0.1) is 22.8 Å². The van der Waals surface area contributed by atoms with E-state index in [2.05, 4.69) is 20.4 Å². The Morgan fingerprint density at radius 3 is 2.70 bits per heavy atom. The number of hydrogen-bond donors (Lipinski definition) is 3. The molecule has 0 spiro atoms. The number of aromatic amines is 1. The van der Waals surface area contributed by atoms with Crippen molar-refractivity contribution in [3.8, 4) is 0 Å². The summed E-state index contributed by atoms with van der Waals surface area (Å²) in [7, 11) is 0. The number of fused-ring (bicyclic) bond motifs is 1. The van der Waals surface area contributed by atoms with Gasteiger partial charge in [0, 0.05) is 12.0 Å². The molecule has 3 aromatic rings.